The number of hydrogen-bond donors (Lipinski definition) is 0. The van der Waals surface area contributed by atoms with Crippen LogP contribution >= 0.6 is 0 Å². The van der Waals surface area contributed by atoms with E-state index in [-0.39, 0.29) is 11.3 Å². The van der Waals surface area contributed by atoms with Crippen LogP contribution in [0.25, 0.3) is 0 Å². The van der Waals surface area contributed by atoms with E-state index >= 15 is 0 Å². The van der Waals surface area contributed by atoms with Gasteiger partial charge >= 0.3 is 0 Å². The van der Waals surface area contributed by atoms with E-state index < -0.39 is 0 Å². The van der Waals surface area contributed by atoms with Crippen molar-refractivity contribution in [1.82, 2.24) is 0 Å². The Labute approximate surface area is 193 Å². The van der Waals surface area contributed by atoms with E-state index in [2.05, 4.69) is 61.5 Å². The molecule has 0 heterocycles. The van der Waals surface area contributed by atoms with Crippen molar-refractivity contribution in [2.45, 2.75) is 126 Å². The number of rotatable bonds is 3. The topological polar surface area (TPSA) is 17.1 Å². The van der Waals surface area contributed by atoms with Crippen molar-refractivity contribution in [3.63, 3.8) is 0 Å². The number of carbonyl (C=O) groups is 1. The average molecular weight is 427 g/mol. The molecule has 1 unspecified atom stereocenters. The first-order valence-corrected chi connectivity index (χ1v) is 13.5. The molecule has 1 heteroatoms. The summed E-state index contributed by atoms with van der Waals surface area (Å²) in [7, 11) is 0. The molecule has 8 atom stereocenters. The molecule has 1 nitrogen and oxygen atoms in total. The van der Waals surface area contributed by atoms with Crippen LogP contribution in [-0.4, -0.2) is 5.78 Å². The van der Waals surface area contributed by atoms with Gasteiger partial charge in [-0.1, -0.05) is 53.2 Å². The quantitative estimate of drug-likeness (QED) is 0.412. The molecule has 0 aliphatic heterocycles. The molecule has 0 spiro atoms. The molecule has 0 aromatic heterocycles. The van der Waals surface area contributed by atoms with Crippen molar-refractivity contribution < 1.29 is 4.79 Å². The molecule has 4 rings (SSSR count). The lowest BCUT2D eigenvalue weighted by atomic mass is 9.33. The van der Waals surface area contributed by atoms with Gasteiger partial charge in [0.1, 0.15) is 5.78 Å². The lowest BCUT2D eigenvalue weighted by Crippen LogP contribution is -2.64. The number of Topliss-reactive ketones (excluding diaryl/α,β-unsaturated/α-hetero) is 1. The second-order valence-corrected chi connectivity index (χ2v) is 14.2. The summed E-state index contributed by atoms with van der Waals surface area (Å²) in [6, 6.07) is 0. The summed E-state index contributed by atoms with van der Waals surface area (Å²) in [5, 5.41) is 0. The number of allylic oxidation sites excluding steroid dienone is 2. The van der Waals surface area contributed by atoms with Crippen molar-refractivity contribution in [2.24, 2.45) is 44.8 Å². The normalized spacial score (nSPS) is 52.0. The third-order valence-corrected chi connectivity index (χ3v) is 12.2. The van der Waals surface area contributed by atoms with E-state index in [1.165, 1.54) is 63.4 Å². The second-order valence-electron chi connectivity index (χ2n) is 14.2. The molecule has 176 valence electrons. The highest BCUT2D eigenvalue weighted by Gasteiger charge is 2.67. The Bertz CT molecular complexity index is 760. The molecule has 0 radical (unpaired) electrons. The molecule has 31 heavy (non-hydrogen) atoms. The van der Waals surface area contributed by atoms with Crippen molar-refractivity contribution in [3.8, 4) is 0 Å². The van der Waals surface area contributed by atoms with Gasteiger partial charge in [-0.2, -0.15) is 0 Å². The van der Waals surface area contributed by atoms with Gasteiger partial charge in [-0.05, 0) is 117 Å². The number of hydrogen-bond acceptors (Lipinski definition) is 1. The molecule has 0 saturated heterocycles. The summed E-state index contributed by atoms with van der Waals surface area (Å²) in [5.41, 5.74) is 3.56. The predicted molar refractivity (Wildman–Crippen MR) is 132 cm³/mol. The Morgan fingerprint density at radius 1 is 0.903 bits per heavy atom. The average Bonchev–Trinajstić information content (AvgIpc) is 2.67. The van der Waals surface area contributed by atoms with Crippen LogP contribution in [0.15, 0.2) is 11.6 Å². The van der Waals surface area contributed by atoms with Crippen molar-refractivity contribution in [3.05, 3.63) is 11.6 Å². The fraction of sp³-hybridized carbons (Fsp3) is 0.900. The smallest absolute Gasteiger partial charge is 0.136 e. The highest BCUT2D eigenvalue weighted by atomic mass is 16.1. The van der Waals surface area contributed by atoms with E-state index in [0.717, 1.165) is 24.7 Å². The highest BCUT2D eigenvalue weighted by Crippen LogP contribution is 2.75. The van der Waals surface area contributed by atoms with Crippen LogP contribution in [0.4, 0.5) is 0 Å². The zero-order chi connectivity index (χ0) is 22.9. The fourth-order valence-corrected chi connectivity index (χ4v) is 9.93. The highest BCUT2D eigenvalue weighted by molar-refractivity contribution is 5.82. The van der Waals surface area contributed by atoms with Crippen LogP contribution in [0.2, 0.25) is 0 Å². The van der Waals surface area contributed by atoms with Gasteiger partial charge in [-0.15, -0.1) is 0 Å². The second kappa shape index (κ2) is 7.46. The molecule has 0 aromatic rings. The number of fused-ring (bicyclic) bond motifs is 5. The summed E-state index contributed by atoms with van der Waals surface area (Å²) in [5.74, 6) is 2.37. The van der Waals surface area contributed by atoms with Crippen molar-refractivity contribution in [2.75, 3.05) is 0 Å². The van der Waals surface area contributed by atoms with Gasteiger partial charge < -0.3 is 0 Å². The maximum Gasteiger partial charge on any atom is 0.136 e. The van der Waals surface area contributed by atoms with Crippen LogP contribution < -0.4 is 0 Å². The molecular formula is C30H50O. The summed E-state index contributed by atoms with van der Waals surface area (Å²) in [4.78, 5) is 12.7. The molecule has 4 aliphatic carbocycles. The monoisotopic (exact) mass is 426 g/mol. The van der Waals surface area contributed by atoms with Crippen LogP contribution in [-0.2, 0) is 4.79 Å². The lowest BCUT2D eigenvalue weighted by Gasteiger charge is -2.72. The van der Waals surface area contributed by atoms with Gasteiger partial charge in [-0.3, -0.25) is 4.79 Å². The molecule has 0 N–H and O–H groups in total. The van der Waals surface area contributed by atoms with E-state index in [1.54, 1.807) is 0 Å². The van der Waals surface area contributed by atoms with Gasteiger partial charge in [0.15, 0.2) is 0 Å². The van der Waals surface area contributed by atoms with Crippen LogP contribution in [0.5, 0.6) is 0 Å². The molecule has 0 aromatic carbocycles. The summed E-state index contributed by atoms with van der Waals surface area (Å²) in [6.07, 6.45) is 16.7. The Balaban J connectivity index is 1.61. The zero-order valence-corrected chi connectivity index (χ0v) is 22.0. The number of ketones is 1. The van der Waals surface area contributed by atoms with Gasteiger partial charge in [0.2, 0.25) is 0 Å². The Kier molecular flexibility index (Phi) is 5.67. The van der Waals surface area contributed by atoms with Gasteiger partial charge in [0.25, 0.3) is 0 Å². The fourth-order valence-electron chi connectivity index (χ4n) is 9.93. The Morgan fingerprint density at radius 3 is 2.29 bits per heavy atom. The molecule has 4 saturated carbocycles. The van der Waals surface area contributed by atoms with Crippen molar-refractivity contribution in [1.29, 1.82) is 0 Å². The van der Waals surface area contributed by atoms with Gasteiger partial charge in [-0.25, -0.2) is 0 Å². The predicted octanol–water partition coefficient (Wildman–Crippen LogP) is 8.77. The Hall–Kier alpha value is -0.590. The summed E-state index contributed by atoms with van der Waals surface area (Å²) < 4.78 is 0. The third kappa shape index (κ3) is 3.42. The van der Waals surface area contributed by atoms with Crippen molar-refractivity contribution >= 4 is 5.78 Å². The van der Waals surface area contributed by atoms with E-state index in [0.29, 0.717) is 27.4 Å². The van der Waals surface area contributed by atoms with Crippen LogP contribution in [0.1, 0.15) is 126 Å². The lowest BCUT2D eigenvalue weighted by molar-refractivity contribution is -0.225. The molecule has 4 aliphatic rings. The van der Waals surface area contributed by atoms with Gasteiger partial charge in [0, 0.05) is 12.3 Å². The third-order valence-electron chi connectivity index (χ3n) is 12.2. The minimum atomic E-state index is 0.234. The van der Waals surface area contributed by atoms with E-state index in [4.69, 9.17) is 0 Å². The van der Waals surface area contributed by atoms with Crippen LogP contribution in [0, 0.1) is 44.8 Å². The Morgan fingerprint density at radius 2 is 1.61 bits per heavy atom. The van der Waals surface area contributed by atoms with E-state index in [1.807, 2.05) is 0 Å². The summed E-state index contributed by atoms with van der Waals surface area (Å²) in [6.45, 7) is 19.8. The van der Waals surface area contributed by atoms with Gasteiger partial charge in [0.05, 0.1) is 0 Å². The first kappa shape index (κ1) is 23.6. The molecule has 0 bridgehead atoms. The molecular weight excluding hydrogens is 376 g/mol. The minimum Gasteiger partial charge on any atom is -0.299 e. The SMILES string of the molecule is CC(C)=CCC[C@]1(C)CC[C@]2(C)C3CC[C@]4(C)[C@H](C)C(=O)CC[C@@H]4[C@]3(C)CC[C@@]2(C)C1. The standard InChI is InChI=1S/C30H50O/c1-21(2)10-9-14-26(4)16-19-30(8)25-13-15-28(6)22(3)23(31)11-12-24(28)29(25,7)18-17-27(30,5)20-26/h10,22,24-25H,9,11-20H2,1-8H3/t22-,24+,25?,26-,27+,28-,29+,30-/m1/s1. The largest absolute Gasteiger partial charge is 0.299 e. The minimum absolute atomic E-state index is 0.234. The first-order chi connectivity index (χ1) is 14.3. The zero-order valence-electron chi connectivity index (χ0n) is 22.0. The maximum atomic E-state index is 12.7. The molecule has 4 fully saturated rings. The number of carbonyl (C=O) groups excluding carboxylic acids is 1. The van der Waals surface area contributed by atoms with Crippen LogP contribution in [0.3, 0.4) is 0 Å². The van der Waals surface area contributed by atoms with E-state index in [9.17, 15) is 4.79 Å². The first-order valence-electron chi connectivity index (χ1n) is 13.5. The maximum absolute atomic E-state index is 12.7. The molecule has 0 amide bonds. The summed E-state index contributed by atoms with van der Waals surface area (Å²) >= 11 is 0.